The summed E-state index contributed by atoms with van der Waals surface area (Å²) in [6.07, 6.45) is 0.678. The van der Waals surface area contributed by atoms with Crippen molar-refractivity contribution in [3.8, 4) is 17.0 Å². The van der Waals surface area contributed by atoms with Crippen LogP contribution < -0.4 is 10.3 Å². The quantitative estimate of drug-likeness (QED) is 0.654. The molecule has 0 unspecified atom stereocenters. The van der Waals surface area contributed by atoms with Gasteiger partial charge < -0.3 is 14.6 Å². The smallest absolute Gasteiger partial charge is 0.261 e. The summed E-state index contributed by atoms with van der Waals surface area (Å²) in [5.74, 6) is 0.509. The van der Waals surface area contributed by atoms with Gasteiger partial charge in [0.05, 0.1) is 6.61 Å². The highest BCUT2D eigenvalue weighted by atomic mass is 16.5. The second-order valence-electron chi connectivity index (χ2n) is 6.22. The molecule has 138 valence electrons. The Kier molecular flexibility index (Phi) is 6.05. The molecule has 3 aromatic rings. The van der Waals surface area contributed by atoms with Crippen LogP contribution in [0.5, 0.6) is 5.75 Å². The van der Waals surface area contributed by atoms with Crippen LogP contribution in [-0.2, 0) is 0 Å². The van der Waals surface area contributed by atoms with Crippen molar-refractivity contribution >= 4 is 5.91 Å². The van der Waals surface area contributed by atoms with Crippen molar-refractivity contribution in [1.82, 2.24) is 9.88 Å². The van der Waals surface area contributed by atoms with E-state index in [4.69, 9.17) is 4.74 Å². The Balaban J connectivity index is 1.57. The van der Waals surface area contributed by atoms with E-state index in [1.54, 1.807) is 24.1 Å². The predicted octanol–water partition coefficient (Wildman–Crippen LogP) is 3.58. The average Bonchev–Trinajstić information content (AvgIpc) is 2.72. The highest BCUT2D eigenvalue weighted by Gasteiger charge is 2.15. The summed E-state index contributed by atoms with van der Waals surface area (Å²) in [6.45, 7) is 1.01. The molecule has 0 radical (unpaired) electrons. The largest absolute Gasteiger partial charge is 0.494 e. The molecule has 0 spiro atoms. The fraction of sp³-hybridized carbons (Fsp3) is 0.182. The van der Waals surface area contributed by atoms with Crippen molar-refractivity contribution in [3.63, 3.8) is 0 Å². The van der Waals surface area contributed by atoms with E-state index >= 15 is 0 Å². The summed E-state index contributed by atoms with van der Waals surface area (Å²) >= 11 is 0. The number of nitrogens with zero attached hydrogens (tertiary/aromatic N) is 1. The van der Waals surface area contributed by atoms with Gasteiger partial charge in [-0.3, -0.25) is 9.59 Å². The van der Waals surface area contributed by atoms with Gasteiger partial charge in [0.2, 0.25) is 0 Å². The van der Waals surface area contributed by atoms with Crippen molar-refractivity contribution in [2.45, 2.75) is 6.42 Å². The molecular formula is C22H22N2O3. The average molecular weight is 362 g/mol. The molecule has 0 saturated carbocycles. The molecular weight excluding hydrogens is 340 g/mol. The zero-order valence-corrected chi connectivity index (χ0v) is 15.2. The third-order valence-corrected chi connectivity index (χ3v) is 4.22. The Morgan fingerprint density at radius 2 is 1.63 bits per heavy atom. The number of aromatic nitrogens is 1. The van der Waals surface area contributed by atoms with Gasteiger partial charge in [-0.25, -0.2) is 0 Å². The number of benzene rings is 2. The van der Waals surface area contributed by atoms with Crippen LogP contribution in [0.3, 0.4) is 0 Å². The third kappa shape index (κ3) is 4.85. The van der Waals surface area contributed by atoms with Crippen LogP contribution in [0, 0.1) is 0 Å². The molecule has 1 amide bonds. The number of nitrogens with one attached hydrogen (secondary N) is 1. The molecule has 0 atom stereocenters. The van der Waals surface area contributed by atoms with Gasteiger partial charge in [-0.2, -0.15) is 0 Å². The first-order valence-electron chi connectivity index (χ1n) is 8.87. The Labute approximate surface area is 158 Å². The van der Waals surface area contributed by atoms with E-state index < -0.39 is 0 Å². The van der Waals surface area contributed by atoms with E-state index in [9.17, 15) is 9.59 Å². The molecule has 0 aliphatic rings. The number of para-hydroxylation sites is 1. The first-order valence-corrected chi connectivity index (χ1v) is 8.87. The summed E-state index contributed by atoms with van der Waals surface area (Å²) in [6, 6.07) is 22.4. The van der Waals surface area contributed by atoms with Gasteiger partial charge in [-0.1, -0.05) is 48.5 Å². The summed E-state index contributed by atoms with van der Waals surface area (Å²) in [7, 11) is 1.69. The van der Waals surface area contributed by atoms with Crippen LogP contribution in [0.4, 0.5) is 0 Å². The zero-order chi connectivity index (χ0) is 19.1. The number of carbonyl (C=O) groups excluding carboxylic acids is 1. The second kappa shape index (κ2) is 8.85. The number of hydrogen-bond donors (Lipinski definition) is 1. The maximum atomic E-state index is 12.5. The SMILES string of the molecule is CN(CCCOc1ccccc1)C(=O)c1ccc(-c2ccccc2)[nH]c1=O. The monoisotopic (exact) mass is 362 g/mol. The second-order valence-corrected chi connectivity index (χ2v) is 6.22. The van der Waals surface area contributed by atoms with Crippen LogP contribution in [0.15, 0.2) is 77.6 Å². The van der Waals surface area contributed by atoms with Gasteiger partial charge >= 0.3 is 0 Å². The van der Waals surface area contributed by atoms with Crippen LogP contribution in [0.1, 0.15) is 16.8 Å². The van der Waals surface area contributed by atoms with Gasteiger partial charge in [0.15, 0.2) is 0 Å². The number of carbonyl (C=O) groups is 1. The van der Waals surface area contributed by atoms with E-state index in [-0.39, 0.29) is 17.0 Å². The van der Waals surface area contributed by atoms with Gasteiger partial charge in [0, 0.05) is 19.3 Å². The van der Waals surface area contributed by atoms with E-state index in [1.807, 2.05) is 60.7 Å². The fourth-order valence-electron chi connectivity index (χ4n) is 2.74. The molecule has 5 nitrogen and oxygen atoms in total. The highest BCUT2D eigenvalue weighted by molar-refractivity contribution is 5.93. The Morgan fingerprint density at radius 1 is 0.963 bits per heavy atom. The minimum atomic E-state index is -0.381. The minimum absolute atomic E-state index is 0.140. The lowest BCUT2D eigenvalue weighted by Gasteiger charge is -2.17. The normalized spacial score (nSPS) is 10.4. The molecule has 2 aromatic carbocycles. The lowest BCUT2D eigenvalue weighted by atomic mass is 10.1. The number of H-pyrrole nitrogens is 1. The number of pyridine rings is 1. The number of hydrogen-bond acceptors (Lipinski definition) is 3. The molecule has 3 rings (SSSR count). The van der Waals surface area contributed by atoms with E-state index in [0.29, 0.717) is 25.3 Å². The number of rotatable bonds is 7. The van der Waals surface area contributed by atoms with Crippen LogP contribution in [-0.4, -0.2) is 36.0 Å². The minimum Gasteiger partial charge on any atom is -0.494 e. The summed E-state index contributed by atoms with van der Waals surface area (Å²) < 4.78 is 5.62. The maximum absolute atomic E-state index is 12.5. The van der Waals surface area contributed by atoms with Gasteiger partial charge in [-0.05, 0) is 36.2 Å². The maximum Gasteiger partial charge on any atom is 0.261 e. The van der Waals surface area contributed by atoms with Crippen LogP contribution in [0.2, 0.25) is 0 Å². The van der Waals surface area contributed by atoms with Crippen LogP contribution >= 0.6 is 0 Å². The number of ether oxygens (including phenoxy) is 1. The Morgan fingerprint density at radius 3 is 2.30 bits per heavy atom. The molecule has 0 aliphatic carbocycles. The standard InChI is InChI=1S/C22H22N2O3/c1-24(15-8-16-27-18-11-6-3-7-12-18)22(26)19-13-14-20(23-21(19)25)17-9-4-2-5-10-17/h2-7,9-14H,8,15-16H2,1H3,(H,23,25). The van der Waals surface area contributed by atoms with Gasteiger partial charge in [-0.15, -0.1) is 0 Å². The van der Waals surface area contributed by atoms with Gasteiger partial charge in [0.25, 0.3) is 11.5 Å². The lowest BCUT2D eigenvalue weighted by molar-refractivity contribution is 0.0786. The lowest BCUT2D eigenvalue weighted by Crippen LogP contribution is -2.33. The third-order valence-electron chi connectivity index (χ3n) is 4.22. The highest BCUT2D eigenvalue weighted by Crippen LogP contribution is 2.15. The van der Waals surface area contributed by atoms with Crippen molar-refractivity contribution in [2.24, 2.45) is 0 Å². The molecule has 1 aromatic heterocycles. The molecule has 1 N–H and O–H groups in total. The molecule has 0 fully saturated rings. The summed E-state index contributed by atoms with van der Waals surface area (Å²) in [5.41, 5.74) is 1.35. The van der Waals surface area contributed by atoms with E-state index in [1.165, 1.54) is 0 Å². The molecule has 27 heavy (non-hydrogen) atoms. The molecule has 0 aliphatic heterocycles. The van der Waals surface area contributed by atoms with E-state index in [2.05, 4.69) is 4.98 Å². The first-order chi connectivity index (χ1) is 13.1. The summed E-state index contributed by atoms with van der Waals surface area (Å²) in [4.78, 5) is 29.2. The molecule has 0 saturated heterocycles. The summed E-state index contributed by atoms with van der Waals surface area (Å²) in [5, 5.41) is 0. The van der Waals surface area contributed by atoms with Crippen LogP contribution in [0.25, 0.3) is 11.3 Å². The van der Waals surface area contributed by atoms with E-state index in [0.717, 1.165) is 11.3 Å². The Hall–Kier alpha value is -3.34. The number of aromatic amines is 1. The molecule has 1 heterocycles. The Bertz CT molecular complexity index is 937. The van der Waals surface area contributed by atoms with Crippen molar-refractivity contribution in [2.75, 3.05) is 20.2 Å². The zero-order valence-electron chi connectivity index (χ0n) is 15.2. The van der Waals surface area contributed by atoms with Crippen molar-refractivity contribution in [3.05, 3.63) is 88.7 Å². The fourth-order valence-corrected chi connectivity index (χ4v) is 2.74. The molecule has 0 bridgehead atoms. The van der Waals surface area contributed by atoms with Crippen molar-refractivity contribution < 1.29 is 9.53 Å². The topological polar surface area (TPSA) is 62.4 Å². The first kappa shape index (κ1) is 18.5. The molecule has 5 heteroatoms. The van der Waals surface area contributed by atoms with Gasteiger partial charge in [0.1, 0.15) is 11.3 Å². The van der Waals surface area contributed by atoms with Crippen molar-refractivity contribution in [1.29, 1.82) is 0 Å². The number of amides is 1. The predicted molar refractivity (Wildman–Crippen MR) is 106 cm³/mol.